The number of fused-ring (bicyclic) bond motifs is 1. The van der Waals surface area contributed by atoms with Gasteiger partial charge in [0, 0.05) is 22.2 Å². The van der Waals surface area contributed by atoms with Crippen LogP contribution in [0.2, 0.25) is 0 Å². The van der Waals surface area contributed by atoms with Gasteiger partial charge in [-0.2, -0.15) is 0 Å². The monoisotopic (exact) mass is 237 g/mol. The van der Waals surface area contributed by atoms with Crippen LogP contribution in [0.1, 0.15) is 5.56 Å². The van der Waals surface area contributed by atoms with Crippen molar-refractivity contribution in [3.8, 4) is 17.0 Å². The van der Waals surface area contributed by atoms with Crippen LogP contribution in [-0.2, 0) is 0 Å². The Labute approximate surface area is 106 Å². The van der Waals surface area contributed by atoms with Crippen LogP contribution in [0, 0.1) is 6.92 Å². The highest BCUT2D eigenvalue weighted by Crippen LogP contribution is 2.27. The van der Waals surface area contributed by atoms with E-state index in [2.05, 4.69) is 42.2 Å². The Balaban J connectivity index is 2.16. The Bertz CT molecular complexity index is 697. The fourth-order valence-electron chi connectivity index (χ4n) is 2.25. The van der Waals surface area contributed by atoms with Crippen molar-refractivity contribution in [1.29, 1.82) is 0 Å². The predicted molar refractivity (Wildman–Crippen MR) is 75.0 cm³/mol. The Morgan fingerprint density at radius 1 is 1.00 bits per heavy atom. The van der Waals surface area contributed by atoms with Gasteiger partial charge < -0.3 is 9.72 Å². The van der Waals surface area contributed by atoms with Crippen molar-refractivity contribution >= 4 is 10.9 Å². The lowest BCUT2D eigenvalue weighted by Crippen LogP contribution is -1.83. The summed E-state index contributed by atoms with van der Waals surface area (Å²) >= 11 is 0. The summed E-state index contributed by atoms with van der Waals surface area (Å²) in [5.41, 5.74) is 4.74. The third kappa shape index (κ3) is 1.76. The minimum Gasteiger partial charge on any atom is -0.497 e. The number of aromatic nitrogens is 1. The summed E-state index contributed by atoms with van der Waals surface area (Å²) in [5.74, 6) is 0.878. The number of para-hydroxylation sites is 1. The highest BCUT2D eigenvalue weighted by Gasteiger charge is 2.05. The SMILES string of the molecule is COc1cccc(-c2cc3cccc(C)c3[nH]2)c1. The number of H-pyrrole nitrogens is 1. The minimum absolute atomic E-state index is 0.878. The fourth-order valence-corrected chi connectivity index (χ4v) is 2.25. The van der Waals surface area contributed by atoms with Crippen LogP contribution in [0.4, 0.5) is 0 Å². The molecule has 0 bridgehead atoms. The summed E-state index contributed by atoms with van der Waals surface area (Å²) in [7, 11) is 1.69. The van der Waals surface area contributed by atoms with E-state index in [4.69, 9.17) is 4.74 Å². The number of benzene rings is 2. The molecule has 2 nitrogen and oxygen atoms in total. The maximum Gasteiger partial charge on any atom is 0.119 e. The molecule has 0 aliphatic carbocycles. The van der Waals surface area contributed by atoms with Crippen molar-refractivity contribution < 1.29 is 4.74 Å². The van der Waals surface area contributed by atoms with Crippen molar-refractivity contribution in [3.05, 3.63) is 54.1 Å². The molecule has 0 unspecified atom stereocenters. The molecule has 2 heteroatoms. The Morgan fingerprint density at radius 2 is 1.83 bits per heavy atom. The molecule has 3 aromatic rings. The van der Waals surface area contributed by atoms with E-state index in [1.807, 2.05) is 18.2 Å². The number of ether oxygens (including phenoxy) is 1. The number of hydrogen-bond acceptors (Lipinski definition) is 1. The summed E-state index contributed by atoms with van der Waals surface area (Å²) < 4.78 is 5.26. The average molecular weight is 237 g/mol. The Hall–Kier alpha value is -2.22. The van der Waals surface area contributed by atoms with Gasteiger partial charge in [-0.1, -0.05) is 30.3 Å². The van der Waals surface area contributed by atoms with Crippen LogP contribution in [0.5, 0.6) is 5.75 Å². The number of hydrogen-bond donors (Lipinski definition) is 1. The summed E-state index contributed by atoms with van der Waals surface area (Å²) in [4.78, 5) is 3.48. The molecule has 0 radical (unpaired) electrons. The zero-order valence-electron chi connectivity index (χ0n) is 10.5. The first-order valence-corrected chi connectivity index (χ1v) is 6.01. The van der Waals surface area contributed by atoms with E-state index in [9.17, 15) is 0 Å². The van der Waals surface area contributed by atoms with Gasteiger partial charge in [0.2, 0.25) is 0 Å². The van der Waals surface area contributed by atoms with E-state index < -0.39 is 0 Å². The molecule has 0 spiro atoms. The van der Waals surface area contributed by atoms with Gasteiger partial charge in [0.15, 0.2) is 0 Å². The second-order valence-corrected chi connectivity index (χ2v) is 4.45. The Kier molecular flexibility index (Phi) is 2.56. The zero-order chi connectivity index (χ0) is 12.5. The van der Waals surface area contributed by atoms with E-state index in [0.717, 1.165) is 17.0 Å². The second-order valence-electron chi connectivity index (χ2n) is 4.45. The number of aromatic amines is 1. The molecule has 0 aliphatic heterocycles. The van der Waals surface area contributed by atoms with E-state index >= 15 is 0 Å². The van der Waals surface area contributed by atoms with Gasteiger partial charge >= 0.3 is 0 Å². The Morgan fingerprint density at radius 3 is 2.61 bits per heavy atom. The van der Waals surface area contributed by atoms with Crippen LogP contribution in [0.15, 0.2) is 48.5 Å². The van der Waals surface area contributed by atoms with Crippen LogP contribution in [0.3, 0.4) is 0 Å². The van der Waals surface area contributed by atoms with E-state index in [-0.39, 0.29) is 0 Å². The molecule has 90 valence electrons. The lowest BCUT2D eigenvalue weighted by molar-refractivity contribution is 0.415. The van der Waals surface area contributed by atoms with Gasteiger partial charge in [-0.15, -0.1) is 0 Å². The van der Waals surface area contributed by atoms with Gasteiger partial charge in [0.05, 0.1) is 7.11 Å². The zero-order valence-corrected chi connectivity index (χ0v) is 10.5. The second kappa shape index (κ2) is 4.22. The molecule has 0 amide bonds. The van der Waals surface area contributed by atoms with Gasteiger partial charge in [-0.05, 0) is 30.7 Å². The molecule has 1 heterocycles. The van der Waals surface area contributed by atoms with Crippen LogP contribution >= 0.6 is 0 Å². The number of rotatable bonds is 2. The van der Waals surface area contributed by atoms with E-state index in [1.165, 1.54) is 16.5 Å². The predicted octanol–water partition coefficient (Wildman–Crippen LogP) is 4.15. The molecular weight excluding hydrogens is 222 g/mol. The summed E-state index contributed by atoms with van der Waals surface area (Å²) in [6.07, 6.45) is 0. The molecular formula is C16H15NO. The quantitative estimate of drug-likeness (QED) is 0.711. The third-order valence-electron chi connectivity index (χ3n) is 3.25. The van der Waals surface area contributed by atoms with Gasteiger partial charge in [-0.3, -0.25) is 0 Å². The van der Waals surface area contributed by atoms with Crippen molar-refractivity contribution in [2.75, 3.05) is 7.11 Å². The summed E-state index contributed by atoms with van der Waals surface area (Å²) in [6, 6.07) is 16.6. The number of methoxy groups -OCH3 is 1. The van der Waals surface area contributed by atoms with Crippen LogP contribution in [-0.4, -0.2) is 12.1 Å². The molecule has 18 heavy (non-hydrogen) atoms. The van der Waals surface area contributed by atoms with Gasteiger partial charge in [-0.25, -0.2) is 0 Å². The molecule has 0 saturated heterocycles. The maximum absolute atomic E-state index is 5.26. The van der Waals surface area contributed by atoms with Crippen molar-refractivity contribution in [1.82, 2.24) is 4.98 Å². The first-order valence-electron chi connectivity index (χ1n) is 6.01. The van der Waals surface area contributed by atoms with Gasteiger partial charge in [0.1, 0.15) is 5.75 Å². The minimum atomic E-state index is 0.878. The van der Waals surface area contributed by atoms with E-state index in [0.29, 0.717) is 0 Å². The van der Waals surface area contributed by atoms with Crippen molar-refractivity contribution in [2.45, 2.75) is 6.92 Å². The molecule has 1 N–H and O–H groups in total. The summed E-state index contributed by atoms with van der Waals surface area (Å²) in [6.45, 7) is 2.12. The molecule has 3 rings (SSSR count). The molecule has 0 saturated carbocycles. The van der Waals surface area contributed by atoms with Crippen molar-refractivity contribution in [2.24, 2.45) is 0 Å². The molecule has 1 aromatic heterocycles. The molecule has 2 aromatic carbocycles. The van der Waals surface area contributed by atoms with Crippen LogP contribution < -0.4 is 4.74 Å². The highest BCUT2D eigenvalue weighted by atomic mass is 16.5. The lowest BCUT2D eigenvalue weighted by Gasteiger charge is -2.02. The number of aryl methyl sites for hydroxylation is 1. The number of nitrogens with one attached hydrogen (secondary N) is 1. The third-order valence-corrected chi connectivity index (χ3v) is 3.25. The molecule has 0 fully saturated rings. The first kappa shape index (κ1) is 10.9. The normalized spacial score (nSPS) is 10.8. The topological polar surface area (TPSA) is 25.0 Å². The summed E-state index contributed by atoms with van der Waals surface area (Å²) in [5, 5.41) is 1.24. The van der Waals surface area contributed by atoms with Gasteiger partial charge in [0.25, 0.3) is 0 Å². The highest BCUT2D eigenvalue weighted by molar-refractivity contribution is 5.88. The lowest BCUT2D eigenvalue weighted by atomic mass is 10.1. The molecule has 0 aliphatic rings. The fraction of sp³-hybridized carbons (Fsp3) is 0.125. The maximum atomic E-state index is 5.26. The largest absolute Gasteiger partial charge is 0.497 e. The van der Waals surface area contributed by atoms with Crippen molar-refractivity contribution in [3.63, 3.8) is 0 Å². The standard InChI is InChI=1S/C16H15NO/c1-11-5-3-7-13-10-15(17-16(11)13)12-6-4-8-14(9-12)18-2/h3-10,17H,1-2H3. The average Bonchev–Trinajstić information content (AvgIpc) is 2.84. The van der Waals surface area contributed by atoms with E-state index in [1.54, 1.807) is 7.11 Å². The molecule has 0 atom stereocenters. The van der Waals surface area contributed by atoms with Crippen LogP contribution in [0.25, 0.3) is 22.2 Å². The smallest absolute Gasteiger partial charge is 0.119 e. The first-order chi connectivity index (χ1) is 8.78.